The van der Waals surface area contributed by atoms with E-state index in [0.717, 1.165) is 44.1 Å². The first-order valence-electron chi connectivity index (χ1n) is 16.7. The molecule has 3 amide bonds. The van der Waals surface area contributed by atoms with Gasteiger partial charge in [-0.1, -0.05) is 88.9 Å². The summed E-state index contributed by atoms with van der Waals surface area (Å²) in [7, 11) is 0. The Kier molecular flexibility index (Phi) is 10.3. The minimum Gasteiger partial charge on any atom is -0.394 e. The van der Waals surface area contributed by atoms with E-state index in [1.54, 1.807) is 28.8 Å². The Hall–Kier alpha value is -2.58. The van der Waals surface area contributed by atoms with Crippen LogP contribution in [0.3, 0.4) is 0 Å². The largest absolute Gasteiger partial charge is 0.394 e. The lowest BCUT2D eigenvalue weighted by Gasteiger charge is -2.45. The van der Waals surface area contributed by atoms with Gasteiger partial charge in [-0.3, -0.25) is 14.4 Å². The molecule has 1 aromatic carbocycles. The Labute approximate surface area is 268 Å². The molecule has 1 N–H and O–H groups in total. The lowest BCUT2D eigenvalue weighted by atomic mass is 9.65. The molecule has 240 valence electrons. The van der Waals surface area contributed by atoms with Gasteiger partial charge in [-0.2, -0.15) is 0 Å². The van der Waals surface area contributed by atoms with Crippen molar-refractivity contribution in [2.75, 3.05) is 19.7 Å². The number of nitrogens with zero attached hydrogens (tertiary/aromatic N) is 3. The second-order valence-electron chi connectivity index (χ2n) is 13.5. The van der Waals surface area contributed by atoms with Gasteiger partial charge in [-0.15, -0.1) is 24.9 Å². The van der Waals surface area contributed by atoms with Gasteiger partial charge in [0.2, 0.25) is 17.7 Å². The van der Waals surface area contributed by atoms with Gasteiger partial charge in [-0.25, -0.2) is 0 Å². The monoisotopic (exact) mass is 621 g/mol. The number of fused-ring (bicyclic) bond motifs is 1. The maximum absolute atomic E-state index is 15.0. The maximum atomic E-state index is 15.0. The van der Waals surface area contributed by atoms with Crippen molar-refractivity contribution in [3.8, 4) is 0 Å². The maximum Gasteiger partial charge on any atom is 0.247 e. The van der Waals surface area contributed by atoms with Crippen molar-refractivity contribution < 1.29 is 19.5 Å². The Morgan fingerprint density at radius 2 is 1.80 bits per heavy atom. The van der Waals surface area contributed by atoms with Crippen LogP contribution in [0, 0.1) is 23.7 Å². The number of amides is 3. The van der Waals surface area contributed by atoms with Crippen LogP contribution >= 0.6 is 11.8 Å². The number of carbonyl (C=O) groups is 3. The molecular weight excluding hydrogens is 570 g/mol. The molecule has 8 atom stereocenters. The van der Waals surface area contributed by atoms with Crippen LogP contribution < -0.4 is 0 Å². The van der Waals surface area contributed by atoms with Crippen LogP contribution in [-0.4, -0.2) is 85.3 Å². The van der Waals surface area contributed by atoms with E-state index in [1.165, 1.54) is 6.42 Å². The van der Waals surface area contributed by atoms with Crippen molar-refractivity contribution in [3.05, 3.63) is 61.2 Å². The smallest absolute Gasteiger partial charge is 0.247 e. The SMILES string of the molecule is C=CCN(Cc1ccccc1)C(=O)[C@@H]1[C@@H]2CC(C)C3(S2)C(C(=O)N(CC=C)C2CCCCC2)N([C@@H](CO)[C@@H](C)CC)C(=O)[C@H]13. The van der Waals surface area contributed by atoms with E-state index in [9.17, 15) is 14.7 Å². The number of rotatable bonds is 13. The van der Waals surface area contributed by atoms with Crippen LogP contribution in [0.1, 0.15) is 71.3 Å². The zero-order valence-electron chi connectivity index (χ0n) is 26.8. The van der Waals surface area contributed by atoms with Crippen LogP contribution in [0.2, 0.25) is 0 Å². The minimum atomic E-state index is -0.724. The summed E-state index contributed by atoms with van der Waals surface area (Å²) in [6.45, 7) is 15.2. The molecule has 0 radical (unpaired) electrons. The van der Waals surface area contributed by atoms with Crippen molar-refractivity contribution in [2.24, 2.45) is 23.7 Å². The third kappa shape index (κ3) is 5.55. The van der Waals surface area contributed by atoms with E-state index in [4.69, 9.17) is 0 Å². The fourth-order valence-corrected chi connectivity index (χ4v) is 11.1. The number of hydrogen-bond donors (Lipinski definition) is 1. The first kappa shape index (κ1) is 32.8. The highest BCUT2D eigenvalue weighted by atomic mass is 32.2. The van der Waals surface area contributed by atoms with Gasteiger partial charge in [0.1, 0.15) is 6.04 Å². The minimum absolute atomic E-state index is 0.000913. The molecule has 3 unspecified atom stereocenters. The van der Waals surface area contributed by atoms with Gasteiger partial charge >= 0.3 is 0 Å². The van der Waals surface area contributed by atoms with E-state index in [-0.39, 0.29) is 47.5 Å². The van der Waals surface area contributed by atoms with Crippen molar-refractivity contribution in [2.45, 2.75) is 100 Å². The van der Waals surface area contributed by atoms with E-state index >= 15 is 4.79 Å². The Bertz CT molecular complexity index is 1220. The predicted molar refractivity (Wildman–Crippen MR) is 177 cm³/mol. The molecule has 2 bridgehead atoms. The molecule has 3 saturated heterocycles. The number of benzene rings is 1. The molecule has 1 aliphatic carbocycles. The van der Waals surface area contributed by atoms with Gasteiger partial charge in [0.15, 0.2) is 0 Å². The molecule has 4 aliphatic rings. The number of carbonyl (C=O) groups excluding carboxylic acids is 3. The van der Waals surface area contributed by atoms with Gasteiger partial charge in [0.05, 0.1) is 29.2 Å². The van der Waals surface area contributed by atoms with E-state index in [0.29, 0.717) is 19.6 Å². The number of hydrogen-bond acceptors (Lipinski definition) is 5. The highest BCUT2D eigenvalue weighted by molar-refractivity contribution is 8.02. The number of aliphatic hydroxyl groups excluding tert-OH is 1. The molecule has 7 nitrogen and oxygen atoms in total. The van der Waals surface area contributed by atoms with Crippen LogP contribution in [0.4, 0.5) is 0 Å². The predicted octanol–water partition coefficient (Wildman–Crippen LogP) is 5.29. The molecular formula is C36H51N3O4S. The number of thioether (sulfide) groups is 1. The van der Waals surface area contributed by atoms with Crippen molar-refractivity contribution in [1.82, 2.24) is 14.7 Å². The molecule has 5 rings (SSSR count). The fourth-order valence-electron chi connectivity index (χ4n) is 8.70. The molecule has 1 spiro atoms. The Morgan fingerprint density at radius 1 is 1.11 bits per heavy atom. The summed E-state index contributed by atoms with van der Waals surface area (Å²) in [6.07, 6.45) is 10.4. The van der Waals surface area contributed by atoms with Gasteiger partial charge in [-0.05, 0) is 36.7 Å². The first-order chi connectivity index (χ1) is 21.2. The summed E-state index contributed by atoms with van der Waals surface area (Å²) < 4.78 is -0.722. The van der Waals surface area contributed by atoms with Crippen molar-refractivity contribution in [1.29, 1.82) is 0 Å². The highest BCUT2D eigenvalue weighted by Crippen LogP contribution is 2.69. The summed E-state index contributed by atoms with van der Waals surface area (Å²) >= 11 is 1.72. The number of aliphatic hydroxyl groups is 1. The van der Waals surface area contributed by atoms with E-state index in [1.807, 2.05) is 47.1 Å². The molecule has 3 heterocycles. The topological polar surface area (TPSA) is 81.2 Å². The lowest BCUT2D eigenvalue weighted by Crippen LogP contribution is -2.61. The molecule has 0 aromatic heterocycles. The second kappa shape index (κ2) is 13.8. The molecule has 1 saturated carbocycles. The fraction of sp³-hybridized carbons (Fsp3) is 0.639. The average Bonchev–Trinajstić information content (AvgIpc) is 3.64. The Morgan fingerprint density at radius 3 is 2.41 bits per heavy atom. The quantitative estimate of drug-likeness (QED) is 0.303. The van der Waals surface area contributed by atoms with Crippen LogP contribution in [0.15, 0.2) is 55.6 Å². The normalized spacial score (nSPS) is 31.0. The average molecular weight is 622 g/mol. The summed E-state index contributed by atoms with van der Waals surface area (Å²) in [4.78, 5) is 50.0. The third-order valence-corrected chi connectivity index (χ3v) is 13.1. The summed E-state index contributed by atoms with van der Waals surface area (Å²) in [5.41, 5.74) is 1.03. The van der Waals surface area contributed by atoms with Crippen molar-refractivity contribution >= 4 is 29.5 Å². The molecule has 1 aromatic rings. The summed E-state index contributed by atoms with van der Waals surface area (Å²) in [6, 6.07) is 8.82. The molecule has 44 heavy (non-hydrogen) atoms. The standard InChI is InChI=1S/C36H51N3O4S/c1-6-19-37(22-26-15-11-9-12-16-26)33(41)30-29-21-25(5)36(44-29)31(30)34(42)39(28(23-40)24(4)8-3)32(36)35(43)38(20-7-2)27-17-13-10-14-18-27/h6-7,9,11-12,15-16,24-25,27-32,40H,1-2,8,10,13-14,17-23H2,3-5H3/t24-,25?,28-,29-,30+,31-,32?,36?/m0/s1. The third-order valence-electron chi connectivity index (χ3n) is 11.0. The highest BCUT2D eigenvalue weighted by Gasteiger charge is 2.77. The van der Waals surface area contributed by atoms with Gasteiger partial charge < -0.3 is 19.8 Å². The summed E-state index contributed by atoms with van der Waals surface area (Å²) in [5.74, 6) is -1.26. The van der Waals surface area contributed by atoms with Gasteiger partial charge in [0, 0.05) is 30.9 Å². The zero-order valence-corrected chi connectivity index (χ0v) is 27.6. The first-order valence-corrected chi connectivity index (χ1v) is 17.6. The van der Waals surface area contributed by atoms with Gasteiger partial charge in [0.25, 0.3) is 0 Å². The van der Waals surface area contributed by atoms with Crippen molar-refractivity contribution in [3.63, 3.8) is 0 Å². The lowest BCUT2D eigenvalue weighted by molar-refractivity contribution is -0.149. The second-order valence-corrected chi connectivity index (χ2v) is 15.0. The molecule has 8 heteroatoms. The van der Waals surface area contributed by atoms with Crippen LogP contribution in [0.5, 0.6) is 0 Å². The Balaban J connectivity index is 1.58. The molecule has 3 aliphatic heterocycles. The van der Waals surface area contributed by atoms with Crippen LogP contribution in [-0.2, 0) is 20.9 Å². The van der Waals surface area contributed by atoms with E-state index < -0.39 is 28.7 Å². The number of likely N-dealkylation sites (tertiary alicyclic amines) is 1. The van der Waals surface area contributed by atoms with E-state index in [2.05, 4.69) is 27.0 Å². The molecule has 4 fully saturated rings. The summed E-state index contributed by atoms with van der Waals surface area (Å²) in [5, 5.41) is 10.7. The zero-order chi connectivity index (χ0) is 31.6. The van der Waals surface area contributed by atoms with Crippen LogP contribution in [0.25, 0.3) is 0 Å².